The first-order valence-corrected chi connectivity index (χ1v) is 6.92. The predicted octanol–water partition coefficient (Wildman–Crippen LogP) is 3.37. The summed E-state index contributed by atoms with van der Waals surface area (Å²) < 4.78 is 5.38. The Bertz CT molecular complexity index is 229. The normalized spacial score (nSPS) is 25.4. The highest BCUT2D eigenvalue weighted by molar-refractivity contribution is 5.09. The molecule has 0 spiro atoms. The van der Waals surface area contributed by atoms with Crippen LogP contribution in [-0.2, 0) is 4.74 Å². The molecule has 0 radical (unpaired) electrons. The molecule has 1 heterocycles. The van der Waals surface area contributed by atoms with Gasteiger partial charge in [-0.1, -0.05) is 38.5 Å². The molecule has 0 bridgehead atoms. The smallest absolute Gasteiger partial charge is 0.0876 e. The van der Waals surface area contributed by atoms with E-state index in [2.05, 4.69) is 0 Å². The lowest BCUT2D eigenvalue weighted by molar-refractivity contribution is 0.219. The molecule has 0 aromatic heterocycles. The number of hydrogen-bond donors (Lipinski definition) is 1. The fourth-order valence-corrected chi connectivity index (χ4v) is 2.97. The minimum Gasteiger partial charge on any atom is -0.501 e. The van der Waals surface area contributed by atoms with Gasteiger partial charge in [-0.2, -0.15) is 0 Å². The van der Waals surface area contributed by atoms with Crippen molar-refractivity contribution in [3.05, 3.63) is 11.8 Å². The van der Waals surface area contributed by atoms with Gasteiger partial charge in [0.2, 0.25) is 0 Å². The first-order chi connectivity index (χ1) is 7.86. The van der Waals surface area contributed by atoms with Gasteiger partial charge in [0, 0.05) is 6.04 Å². The molecule has 0 saturated heterocycles. The van der Waals surface area contributed by atoms with E-state index in [0.717, 1.165) is 25.4 Å². The van der Waals surface area contributed by atoms with Gasteiger partial charge >= 0.3 is 0 Å². The van der Waals surface area contributed by atoms with Gasteiger partial charge in [-0.15, -0.1) is 0 Å². The van der Waals surface area contributed by atoms with Gasteiger partial charge in [0.1, 0.15) is 0 Å². The van der Waals surface area contributed by atoms with Gasteiger partial charge in [0.25, 0.3) is 0 Å². The zero-order valence-corrected chi connectivity index (χ0v) is 10.3. The molecule has 0 aromatic rings. The number of nitrogens with two attached hydrogens (primary N) is 1. The minimum absolute atomic E-state index is 0.253. The molecule has 2 heteroatoms. The Morgan fingerprint density at radius 2 is 1.94 bits per heavy atom. The highest BCUT2D eigenvalue weighted by atomic mass is 16.5. The molecule has 0 amide bonds. The standard InChI is InChI=1S/C14H25NO/c15-14(13-8-5-9-16-11-13)10-12-6-3-1-2-4-7-12/h11-12,14H,1-10,15H2. The van der Waals surface area contributed by atoms with Crippen molar-refractivity contribution in [3.8, 4) is 0 Å². The predicted molar refractivity (Wildman–Crippen MR) is 67.1 cm³/mol. The summed E-state index contributed by atoms with van der Waals surface area (Å²) in [6.07, 6.45) is 13.8. The molecule has 16 heavy (non-hydrogen) atoms. The van der Waals surface area contributed by atoms with E-state index in [1.165, 1.54) is 50.5 Å². The van der Waals surface area contributed by atoms with Crippen LogP contribution in [-0.4, -0.2) is 12.6 Å². The van der Waals surface area contributed by atoms with Crippen molar-refractivity contribution in [1.29, 1.82) is 0 Å². The van der Waals surface area contributed by atoms with Crippen LogP contribution in [0.5, 0.6) is 0 Å². The summed E-state index contributed by atoms with van der Waals surface area (Å²) in [5, 5.41) is 0. The largest absolute Gasteiger partial charge is 0.501 e. The van der Waals surface area contributed by atoms with E-state index in [4.69, 9.17) is 10.5 Å². The van der Waals surface area contributed by atoms with E-state index < -0.39 is 0 Å². The second-order valence-corrected chi connectivity index (χ2v) is 5.37. The molecule has 92 valence electrons. The zero-order valence-electron chi connectivity index (χ0n) is 10.3. The van der Waals surface area contributed by atoms with Gasteiger partial charge < -0.3 is 10.5 Å². The van der Waals surface area contributed by atoms with E-state index in [-0.39, 0.29) is 6.04 Å². The van der Waals surface area contributed by atoms with E-state index >= 15 is 0 Å². The molecular formula is C14H25NO. The summed E-state index contributed by atoms with van der Waals surface area (Å²) in [6.45, 7) is 0.875. The van der Waals surface area contributed by atoms with Crippen LogP contribution < -0.4 is 5.73 Å². The molecule has 2 aliphatic rings. The first-order valence-electron chi connectivity index (χ1n) is 6.92. The van der Waals surface area contributed by atoms with Crippen molar-refractivity contribution in [1.82, 2.24) is 0 Å². The Hall–Kier alpha value is -0.500. The lowest BCUT2D eigenvalue weighted by atomic mass is 9.88. The second-order valence-electron chi connectivity index (χ2n) is 5.37. The van der Waals surface area contributed by atoms with E-state index in [1.54, 1.807) is 0 Å². The van der Waals surface area contributed by atoms with Crippen LogP contribution in [0.4, 0.5) is 0 Å². The summed E-state index contributed by atoms with van der Waals surface area (Å²) in [7, 11) is 0. The third-order valence-electron chi connectivity index (χ3n) is 4.00. The lowest BCUT2D eigenvalue weighted by Gasteiger charge is -2.23. The summed E-state index contributed by atoms with van der Waals surface area (Å²) in [6, 6.07) is 0.253. The van der Waals surface area contributed by atoms with Crippen molar-refractivity contribution in [2.45, 2.75) is 63.8 Å². The van der Waals surface area contributed by atoms with Crippen molar-refractivity contribution in [3.63, 3.8) is 0 Å². The van der Waals surface area contributed by atoms with Gasteiger partial charge in [0.15, 0.2) is 0 Å². The Kier molecular flexibility index (Phi) is 4.70. The molecule has 1 unspecified atom stereocenters. The quantitative estimate of drug-likeness (QED) is 0.744. The molecule has 1 aliphatic carbocycles. The summed E-state index contributed by atoms with van der Waals surface area (Å²) in [4.78, 5) is 0. The molecule has 2 nitrogen and oxygen atoms in total. The molecule has 1 fully saturated rings. The first kappa shape index (κ1) is 12.0. The zero-order chi connectivity index (χ0) is 11.2. The van der Waals surface area contributed by atoms with Crippen LogP contribution in [0.3, 0.4) is 0 Å². The third kappa shape index (κ3) is 3.51. The van der Waals surface area contributed by atoms with E-state index in [0.29, 0.717) is 0 Å². The Morgan fingerprint density at radius 1 is 1.19 bits per heavy atom. The van der Waals surface area contributed by atoms with Gasteiger partial charge in [-0.05, 0) is 30.8 Å². The highest BCUT2D eigenvalue weighted by Gasteiger charge is 2.19. The van der Waals surface area contributed by atoms with Gasteiger partial charge in [-0.25, -0.2) is 0 Å². The molecule has 2 rings (SSSR count). The van der Waals surface area contributed by atoms with Crippen LogP contribution in [0.25, 0.3) is 0 Å². The molecule has 2 N–H and O–H groups in total. The monoisotopic (exact) mass is 223 g/mol. The average molecular weight is 223 g/mol. The Morgan fingerprint density at radius 3 is 2.56 bits per heavy atom. The molecule has 1 saturated carbocycles. The van der Waals surface area contributed by atoms with Crippen LogP contribution in [0.15, 0.2) is 11.8 Å². The number of rotatable bonds is 3. The van der Waals surface area contributed by atoms with Crippen molar-refractivity contribution < 1.29 is 4.74 Å². The van der Waals surface area contributed by atoms with Crippen molar-refractivity contribution in [2.75, 3.05) is 6.61 Å². The second kappa shape index (κ2) is 6.29. The summed E-state index contributed by atoms with van der Waals surface area (Å²) in [5.41, 5.74) is 7.63. The Labute approximate surface area is 99.2 Å². The Balaban J connectivity index is 1.80. The summed E-state index contributed by atoms with van der Waals surface area (Å²) >= 11 is 0. The maximum absolute atomic E-state index is 6.28. The van der Waals surface area contributed by atoms with Crippen molar-refractivity contribution >= 4 is 0 Å². The van der Waals surface area contributed by atoms with E-state index in [9.17, 15) is 0 Å². The van der Waals surface area contributed by atoms with Gasteiger partial charge in [-0.3, -0.25) is 0 Å². The fraction of sp³-hybridized carbons (Fsp3) is 0.857. The highest BCUT2D eigenvalue weighted by Crippen LogP contribution is 2.28. The summed E-state index contributed by atoms with van der Waals surface area (Å²) in [5.74, 6) is 0.861. The molecular weight excluding hydrogens is 198 g/mol. The number of ether oxygens (including phenoxy) is 1. The van der Waals surface area contributed by atoms with E-state index in [1.807, 2.05) is 6.26 Å². The molecule has 1 atom stereocenters. The van der Waals surface area contributed by atoms with Crippen LogP contribution in [0.1, 0.15) is 57.8 Å². The van der Waals surface area contributed by atoms with Crippen LogP contribution >= 0.6 is 0 Å². The third-order valence-corrected chi connectivity index (χ3v) is 4.00. The molecule has 1 aliphatic heterocycles. The minimum atomic E-state index is 0.253. The maximum atomic E-state index is 6.28. The lowest BCUT2D eigenvalue weighted by Crippen LogP contribution is -2.27. The van der Waals surface area contributed by atoms with Crippen LogP contribution in [0.2, 0.25) is 0 Å². The van der Waals surface area contributed by atoms with Crippen molar-refractivity contribution in [2.24, 2.45) is 11.7 Å². The van der Waals surface area contributed by atoms with Gasteiger partial charge in [0.05, 0.1) is 12.9 Å². The average Bonchev–Trinajstić information content (AvgIpc) is 2.59. The topological polar surface area (TPSA) is 35.2 Å². The number of hydrogen-bond acceptors (Lipinski definition) is 2. The maximum Gasteiger partial charge on any atom is 0.0876 e. The fourth-order valence-electron chi connectivity index (χ4n) is 2.97. The SMILES string of the molecule is NC(CC1CCCCCC1)C1=COCCC1. The molecule has 0 aromatic carbocycles. The van der Waals surface area contributed by atoms with Crippen LogP contribution in [0, 0.1) is 5.92 Å².